The van der Waals surface area contributed by atoms with Crippen LogP contribution in [0.25, 0.3) is 10.1 Å². The first-order chi connectivity index (χ1) is 11.0. The summed E-state index contributed by atoms with van der Waals surface area (Å²) < 4.78 is 20.0. The van der Waals surface area contributed by atoms with Crippen LogP contribution in [0, 0.1) is 11.7 Å². The molecule has 0 fully saturated rings. The standard InChI is InChI=1S/C17H22FNO3S/c1-10(2)7-11(8-20)19-17(21)16-12(9-22-3)15-13(18)5-4-6-14(15)23-16/h4-6,10-11,20H,7-9H2,1-3H3,(H,19,21). The molecule has 1 heterocycles. The maximum Gasteiger partial charge on any atom is 0.262 e. The van der Waals surface area contributed by atoms with Crippen LogP contribution in [0.1, 0.15) is 35.5 Å². The van der Waals surface area contributed by atoms with E-state index in [1.165, 1.54) is 24.5 Å². The lowest BCUT2D eigenvalue weighted by molar-refractivity contribution is 0.0908. The van der Waals surface area contributed by atoms with Crippen molar-refractivity contribution in [1.82, 2.24) is 5.32 Å². The number of nitrogens with one attached hydrogen (secondary N) is 1. The number of carbonyl (C=O) groups excluding carboxylic acids is 1. The van der Waals surface area contributed by atoms with Gasteiger partial charge in [0.2, 0.25) is 0 Å². The Morgan fingerprint density at radius 1 is 1.43 bits per heavy atom. The number of aliphatic hydroxyl groups excluding tert-OH is 1. The summed E-state index contributed by atoms with van der Waals surface area (Å²) >= 11 is 1.24. The summed E-state index contributed by atoms with van der Waals surface area (Å²) in [6, 6.07) is 4.48. The largest absolute Gasteiger partial charge is 0.394 e. The summed E-state index contributed by atoms with van der Waals surface area (Å²) in [6.07, 6.45) is 0.682. The van der Waals surface area contributed by atoms with Crippen LogP contribution in [-0.2, 0) is 11.3 Å². The molecule has 2 rings (SSSR count). The summed E-state index contributed by atoms with van der Waals surface area (Å²) in [5.74, 6) is -0.297. The molecule has 0 spiro atoms. The van der Waals surface area contributed by atoms with Crippen molar-refractivity contribution in [3.8, 4) is 0 Å². The van der Waals surface area contributed by atoms with Gasteiger partial charge in [0.05, 0.1) is 24.1 Å². The molecule has 2 N–H and O–H groups in total. The van der Waals surface area contributed by atoms with Crippen molar-refractivity contribution >= 4 is 27.3 Å². The Balaban J connectivity index is 2.36. The van der Waals surface area contributed by atoms with Crippen LogP contribution >= 0.6 is 11.3 Å². The molecule has 0 aliphatic rings. The van der Waals surface area contributed by atoms with Crippen molar-refractivity contribution in [2.75, 3.05) is 13.7 Å². The number of methoxy groups -OCH3 is 1. The van der Waals surface area contributed by atoms with Crippen molar-refractivity contribution in [3.05, 3.63) is 34.5 Å². The minimum atomic E-state index is -0.356. The van der Waals surface area contributed by atoms with Gasteiger partial charge in [-0.15, -0.1) is 11.3 Å². The van der Waals surface area contributed by atoms with Gasteiger partial charge in [-0.05, 0) is 24.5 Å². The number of amides is 1. The zero-order valence-corrected chi connectivity index (χ0v) is 14.4. The highest BCUT2D eigenvalue weighted by atomic mass is 32.1. The molecule has 0 saturated carbocycles. The van der Waals surface area contributed by atoms with E-state index in [0.717, 1.165) is 0 Å². The summed E-state index contributed by atoms with van der Waals surface area (Å²) in [7, 11) is 1.52. The topological polar surface area (TPSA) is 58.6 Å². The molecule has 23 heavy (non-hydrogen) atoms. The smallest absolute Gasteiger partial charge is 0.262 e. The first-order valence-corrected chi connectivity index (χ1v) is 8.40. The second-order valence-electron chi connectivity index (χ2n) is 5.94. The molecule has 0 saturated heterocycles. The Hall–Kier alpha value is -1.50. The fraction of sp³-hybridized carbons (Fsp3) is 0.471. The predicted octanol–water partition coefficient (Wildman–Crippen LogP) is 3.32. The van der Waals surface area contributed by atoms with Crippen LogP contribution in [0.15, 0.2) is 18.2 Å². The summed E-state index contributed by atoms with van der Waals surface area (Å²) in [5, 5.41) is 12.7. The Bertz CT molecular complexity index is 684. The van der Waals surface area contributed by atoms with E-state index in [1.54, 1.807) is 12.1 Å². The molecule has 4 nitrogen and oxygen atoms in total. The number of halogens is 1. The molecule has 126 valence electrons. The van der Waals surface area contributed by atoms with Crippen molar-refractivity contribution in [2.24, 2.45) is 5.92 Å². The van der Waals surface area contributed by atoms with Crippen LogP contribution in [0.5, 0.6) is 0 Å². The highest BCUT2D eigenvalue weighted by Gasteiger charge is 2.22. The fourth-order valence-electron chi connectivity index (χ4n) is 2.63. The monoisotopic (exact) mass is 339 g/mol. The van der Waals surface area contributed by atoms with Crippen LogP contribution in [0.3, 0.4) is 0 Å². The average Bonchev–Trinajstić information content (AvgIpc) is 2.86. The maximum absolute atomic E-state index is 14.1. The van der Waals surface area contributed by atoms with E-state index in [0.29, 0.717) is 32.9 Å². The van der Waals surface area contributed by atoms with E-state index in [2.05, 4.69) is 5.32 Å². The van der Waals surface area contributed by atoms with E-state index in [1.807, 2.05) is 13.8 Å². The summed E-state index contributed by atoms with van der Waals surface area (Å²) in [6.45, 7) is 4.10. The molecule has 1 aromatic heterocycles. The van der Waals surface area contributed by atoms with Gasteiger partial charge in [0.25, 0.3) is 5.91 Å². The Morgan fingerprint density at radius 2 is 2.17 bits per heavy atom. The molecule has 6 heteroatoms. The normalized spacial score (nSPS) is 12.8. The van der Waals surface area contributed by atoms with Gasteiger partial charge in [0.1, 0.15) is 5.82 Å². The number of carbonyl (C=O) groups is 1. The zero-order valence-electron chi connectivity index (χ0n) is 13.6. The number of aliphatic hydroxyl groups is 1. The third-order valence-corrected chi connectivity index (χ3v) is 4.77. The van der Waals surface area contributed by atoms with Crippen molar-refractivity contribution in [2.45, 2.75) is 32.9 Å². The maximum atomic E-state index is 14.1. The number of hydrogen-bond donors (Lipinski definition) is 2. The van der Waals surface area contributed by atoms with Gasteiger partial charge < -0.3 is 15.2 Å². The number of benzene rings is 1. The molecule has 0 aliphatic heterocycles. The van der Waals surface area contributed by atoms with Gasteiger partial charge >= 0.3 is 0 Å². The molecule has 1 unspecified atom stereocenters. The lowest BCUT2D eigenvalue weighted by Gasteiger charge is -2.18. The van der Waals surface area contributed by atoms with E-state index in [4.69, 9.17) is 4.74 Å². The van der Waals surface area contributed by atoms with Crippen LogP contribution in [0.4, 0.5) is 4.39 Å². The van der Waals surface area contributed by atoms with Gasteiger partial charge in [-0.2, -0.15) is 0 Å². The molecule has 1 atom stereocenters. The average molecular weight is 339 g/mol. The number of rotatable bonds is 7. The lowest BCUT2D eigenvalue weighted by Crippen LogP contribution is -2.38. The quantitative estimate of drug-likeness (QED) is 0.813. The molecule has 0 bridgehead atoms. The van der Waals surface area contributed by atoms with E-state index in [-0.39, 0.29) is 31.0 Å². The second kappa shape index (κ2) is 7.86. The minimum Gasteiger partial charge on any atom is -0.394 e. The lowest BCUT2D eigenvalue weighted by atomic mass is 10.0. The molecule has 2 aromatic rings. The SMILES string of the molecule is COCc1c(C(=O)NC(CO)CC(C)C)sc2cccc(F)c12. The molecular weight excluding hydrogens is 317 g/mol. The minimum absolute atomic E-state index is 0.122. The van der Waals surface area contributed by atoms with Crippen LogP contribution in [-0.4, -0.2) is 30.8 Å². The molecule has 1 amide bonds. The van der Waals surface area contributed by atoms with E-state index in [9.17, 15) is 14.3 Å². The molecule has 1 aromatic carbocycles. The molecule has 0 aliphatic carbocycles. The first kappa shape index (κ1) is 17.8. The van der Waals surface area contributed by atoms with Gasteiger partial charge in [0, 0.05) is 22.8 Å². The Morgan fingerprint density at radius 3 is 2.78 bits per heavy atom. The zero-order chi connectivity index (χ0) is 17.0. The first-order valence-electron chi connectivity index (χ1n) is 7.58. The summed E-state index contributed by atoms with van der Waals surface area (Å²) in [5.41, 5.74) is 0.560. The highest BCUT2D eigenvalue weighted by molar-refractivity contribution is 7.21. The predicted molar refractivity (Wildman–Crippen MR) is 90.3 cm³/mol. The van der Waals surface area contributed by atoms with Crippen molar-refractivity contribution in [1.29, 1.82) is 0 Å². The second-order valence-corrected chi connectivity index (χ2v) is 6.99. The van der Waals surface area contributed by atoms with E-state index >= 15 is 0 Å². The Labute approximate surface area is 139 Å². The van der Waals surface area contributed by atoms with Gasteiger partial charge in [-0.3, -0.25) is 4.79 Å². The highest BCUT2D eigenvalue weighted by Crippen LogP contribution is 2.33. The Kier molecular flexibility index (Phi) is 6.10. The fourth-order valence-corrected chi connectivity index (χ4v) is 3.76. The van der Waals surface area contributed by atoms with Crippen LogP contribution in [0.2, 0.25) is 0 Å². The van der Waals surface area contributed by atoms with Crippen molar-refractivity contribution in [3.63, 3.8) is 0 Å². The van der Waals surface area contributed by atoms with Crippen LogP contribution < -0.4 is 5.32 Å². The number of thiophene rings is 1. The van der Waals surface area contributed by atoms with E-state index < -0.39 is 0 Å². The molecular formula is C17H22FNO3S. The third kappa shape index (κ3) is 4.07. The number of hydrogen-bond acceptors (Lipinski definition) is 4. The van der Waals surface area contributed by atoms with Gasteiger partial charge in [0.15, 0.2) is 0 Å². The summed E-state index contributed by atoms with van der Waals surface area (Å²) in [4.78, 5) is 13.0. The van der Waals surface area contributed by atoms with Crippen molar-refractivity contribution < 1.29 is 19.0 Å². The third-order valence-electron chi connectivity index (χ3n) is 3.57. The number of fused-ring (bicyclic) bond motifs is 1. The number of ether oxygens (including phenoxy) is 1. The molecule has 0 radical (unpaired) electrons. The van der Waals surface area contributed by atoms with Gasteiger partial charge in [-0.1, -0.05) is 19.9 Å². The van der Waals surface area contributed by atoms with Gasteiger partial charge in [-0.25, -0.2) is 4.39 Å².